The Morgan fingerprint density at radius 2 is 2.26 bits per heavy atom. The summed E-state index contributed by atoms with van der Waals surface area (Å²) in [6, 6.07) is 4.43. The molecular formula is C15H21ClFNO. The molecule has 0 amide bonds. The van der Waals surface area contributed by atoms with Gasteiger partial charge in [0.05, 0.1) is 11.6 Å². The zero-order valence-corrected chi connectivity index (χ0v) is 12.3. The van der Waals surface area contributed by atoms with Gasteiger partial charge in [0.15, 0.2) is 0 Å². The molecule has 1 fully saturated rings. The van der Waals surface area contributed by atoms with Crippen LogP contribution in [0.5, 0.6) is 0 Å². The highest BCUT2D eigenvalue weighted by Gasteiger charge is 2.38. The van der Waals surface area contributed by atoms with Gasteiger partial charge in [0.25, 0.3) is 0 Å². The summed E-state index contributed by atoms with van der Waals surface area (Å²) >= 11 is 6.25. The van der Waals surface area contributed by atoms with Crippen molar-refractivity contribution in [3.05, 3.63) is 34.6 Å². The van der Waals surface area contributed by atoms with Crippen LogP contribution in [0.4, 0.5) is 4.39 Å². The third-order valence-corrected chi connectivity index (χ3v) is 4.13. The van der Waals surface area contributed by atoms with Crippen LogP contribution in [0.1, 0.15) is 44.7 Å². The quantitative estimate of drug-likeness (QED) is 0.900. The monoisotopic (exact) mass is 285 g/mol. The molecule has 4 heteroatoms. The van der Waals surface area contributed by atoms with Crippen LogP contribution < -0.4 is 5.32 Å². The van der Waals surface area contributed by atoms with Crippen molar-refractivity contribution in [2.24, 2.45) is 0 Å². The molecule has 106 valence electrons. The molecular weight excluding hydrogens is 265 g/mol. The molecule has 2 nitrogen and oxygen atoms in total. The molecule has 19 heavy (non-hydrogen) atoms. The molecule has 0 aliphatic carbocycles. The fourth-order valence-electron chi connectivity index (χ4n) is 2.78. The van der Waals surface area contributed by atoms with Crippen molar-refractivity contribution in [3.63, 3.8) is 0 Å². The minimum Gasteiger partial charge on any atom is -0.373 e. The maximum atomic E-state index is 13.5. The zero-order chi connectivity index (χ0) is 13.9. The van der Waals surface area contributed by atoms with Crippen molar-refractivity contribution in [2.45, 2.75) is 44.8 Å². The largest absolute Gasteiger partial charge is 0.373 e. The first-order valence-corrected chi connectivity index (χ1v) is 7.27. The fraction of sp³-hybridized carbons (Fsp3) is 0.600. The molecule has 1 aromatic carbocycles. The van der Waals surface area contributed by atoms with E-state index in [1.807, 2.05) is 6.92 Å². The van der Waals surface area contributed by atoms with E-state index in [-0.39, 0.29) is 17.5 Å². The van der Waals surface area contributed by atoms with Crippen molar-refractivity contribution in [1.29, 1.82) is 0 Å². The summed E-state index contributed by atoms with van der Waals surface area (Å²) < 4.78 is 19.5. The van der Waals surface area contributed by atoms with E-state index < -0.39 is 0 Å². The molecule has 0 radical (unpaired) electrons. The number of rotatable bonds is 4. The number of likely N-dealkylation sites (N-methyl/N-ethyl adjacent to an activating group) is 1. The molecule has 2 rings (SSSR count). The predicted octanol–water partition coefficient (Wildman–Crippen LogP) is 4.09. The van der Waals surface area contributed by atoms with Crippen LogP contribution in [0.25, 0.3) is 0 Å². The third kappa shape index (κ3) is 3.28. The van der Waals surface area contributed by atoms with Crippen molar-refractivity contribution in [1.82, 2.24) is 5.32 Å². The molecule has 1 saturated heterocycles. The second kappa shape index (κ2) is 6.21. The molecule has 0 bridgehead atoms. The number of benzene rings is 1. The van der Waals surface area contributed by atoms with Crippen molar-refractivity contribution < 1.29 is 9.13 Å². The minimum atomic E-state index is -0.328. The molecule has 1 N–H and O–H groups in total. The predicted molar refractivity (Wildman–Crippen MR) is 76.0 cm³/mol. The summed E-state index contributed by atoms with van der Waals surface area (Å²) in [4.78, 5) is 0. The zero-order valence-electron chi connectivity index (χ0n) is 11.5. The molecule has 1 aliphatic rings. The van der Waals surface area contributed by atoms with E-state index in [4.69, 9.17) is 16.3 Å². The van der Waals surface area contributed by atoms with E-state index in [1.165, 1.54) is 12.1 Å². The van der Waals surface area contributed by atoms with E-state index in [1.54, 1.807) is 6.07 Å². The standard InChI is InChI=1S/C15H21ClFNO/c1-3-18-14(15(2)8-4-5-9-19-15)12-10-11(17)6-7-13(12)16/h6-7,10,14,18H,3-5,8-9H2,1-2H3. The van der Waals surface area contributed by atoms with Gasteiger partial charge >= 0.3 is 0 Å². The summed E-state index contributed by atoms with van der Waals surface area (Å²) in [6.07, 6.45) is 3.17. The second-order valence-electron chi connectivity index (χ2n) is 5.27. The van der Waals surface area contributed by atoms with Crippen LogP contribution in [0.3, 0.4) is 0 Å². The lowest BCUT2D eigenvalue weighted by Gasteiger charge is -2.41. The first kappa shape index (κ1) is 14.8. The maximum Gasteiger partial charge on any atom is 0.123 e. The van der Waals surface area contributed by atoms with Gasteiger partial charge < -0.3 is 10.1 Å². The number of halogens is 2. The lowest BCUT2D eigenvalue weighted by atomic mass is 9.84. The fourth-order valence-corrected chi connectivity index (χ4v) is 3.00. The summed E-state index contributed by atoms with van der Waals surface area (Å²) in [5.41, 5.74) is 0.457. The Morgan fingerprint density at radius 3 is 2.89 bits per heavy atom. The van der Waals surface area contributed by atoms with Gasteiger partial charge in [-0.05, 0) is 56.5 Å². The van der Waals surface area contributed by atoms with Crippen LogP contribution in [0.15, 0.2) is 18.2 Å². The van der Waals surface area contributed by atoms with Crippen molar-refractivity contribution in [3.8, 4) is 0 Å². The Morgan fingerprint density at radius 1 is 1.47 bits per heavy atom. The summed E-state index contributed by atoms with van der Waals surface area (Å²) in [6.45, 7) is 5.66. The van der Waals surface area contributed by atoms with Gasteiger partial charge in [-0.2, -0.15) is 0 Å². The maximum absolute atomic E-state index is 13.5. The van der Waals surface area contributed by atoms with E-state index in [0.717, 1.165) is 38.0 Å². The first-order chi connectivity index (χ1) is 9.07. The Kier molecular flexibility index (Phi) is 4.82. The van der Waals surface area contributed by atoms with Crippen LogP contribution >= 0.6 is 11.6 Å². The summed E-state index contributed by atoms with van der Waals surface area (Å²) in [7, 11) is 0. The Bertz CT molecular complexity index is 432. The highest BCUT2D eigenvalue weighted by Crippen LogP contribution is 2.39. The van der Waals surface area contributed by atoms with Crippen LogP contribution in [-0.4, -0.2) is 18.8 Å². The van der Waals surface area contributed by atoms with Gasteiger partial charge in [-0.25, -0.2) is 4.39 Å². The lowest BCUT2D eigenvalue weighted by Crippen LogP contribution is -2.46. The lowest BCUT2D eigenvalue weighted by molar-refractivity contribution is -0.0895. The molecule has 1 aromatic rings. The van der Waals surface area contributed by atoms with Crippen molar-refractivity contribution in [2.75, 3.05) is 13.2 Å². The normalized spacial score (nSPS) is 25.3. The number of ether oxygens (including phenoxy) is 1. The van der Waals surface area contributed by atoms with E-state index in [9.17, 15) is 4.39 Å². The Labute approximate surface area is 119 Å². The molecule has 1 heterocycles. The summed E-state index contributed by atoms with van der Waals surface area (Å²) in [5, 5.41) is 3.99. The van der Waals surface area contributed by atoms with E-state index >= 15 is 0 Å². The van der Waals surface area contributed by atoms with Gasteiger partial charge in [-0.15, -0.1) is 0 Å². The number of hydrogen-bond acceptors (Lipinski definition) is 2. The second-order valence-corrected chi connectivity index (χ2v) is 5.68. The summed E-state index contributed by atoms with van der Waals surface area (Å²) in [5.74, 6) is -0.262. The van der Waals surface area contributed by atoms with Gasteiger partial charge in [0.2, 0.25) is 0 Å². The van der Waals surface area contributed by atoms with Gasteiger partial charge in [-0.1, -0.05) is 18.5 Å². The topological polar surface area (TPSA) is 21.3 Å². The molecule has 0 aromatic heterocycles. The Hall–Kier alpha value is -0.640. The number of nitrogens with one attached hydrogen (secondary N) is 1. The molecule has 0 saturated carbocycles. The molecule has 1 aliphatic heterocycles. The highest BCUT2D eigenvalue weighted by molar-refractivity contribution is 6.31. The molecule has 2 atom stereocenters. The van der Waals surface area contributed by atoms with Crippen LogP contribution in [-0.2, 0) is 4.74 Å². The van der Waals surface area contributed by atoms with E-state index in [2.05, 4.69) is 12.2 Å². The van der Waals surface area contributed by atoms with Crippen LogP contribution in [0, 0.1) is 5.82 Å². The Balaban J connectivity index is 2.35. The van der Waals surface area contributed by atoms with E-state index in [0.29, 0.717) is 5.02 Å². The average molecular weight is 286 g/mol. The molecule has 2 unspecified atom stereocenters. The SMILES string of the molecule is CCNC(c1cc(F)ccc1Cl)C1(C)CCCCO1. The smallest absolute Gasteiger partial charge is 0.123 e. The third-order valence-electron chi connectivity index (χ3n) is 3.79. The highest BCUT2D eigenvalue weighted by atomic mass is 35.5. The number of hydrogen-bond donors (Lipinski definition) is 1. The molecule has 0 spiro atoms. The van der Waals surface area contributed by atoms with Gasteiger partial charge in [0, 0.05) is 11.6 Å². The first-order valence-electron chi connectivity index (χ1n) is 6.89. The van der Waals surface area contributed by atoms with Gasteiger partial charge in [-0.3, -0.25) is 0 Å². The average Bonchev–Trinajstić information content (AvgIpc) is 2.40. The minimum absolute atomic E-state index is 0.0824. The van der Waals surface area contributed by atoms with Crippen molar-refractivity contribution >= 4 is 11.6 Å². The van der Waals surface area contributed by atoms with Gasteiger partial charge in [0.1, 0.15) is 5.82 Å². The van der Waals surface area contributed by atoms with Crippen LogP contribution in [0.2, 0.25) is 5.02 Å².